The first-order valence-corrected chi connectivity index (χ1v) is 11.9. The SMILES string of the molecule is CC[C@@H]1Oc2ccc(S(=O)(=O)N3CCN(C(=O)COc4ccccc4)CC3)cc2NC1=O. The van der Waals surface area contributed by atoms with Crippen molar-refractivity contribution in [3.63, 3.8) is 0 Å². The molecule has 0 unspecified atom stereocenters. The molecule has 32 heavy (non-hydrogen) atoms. The van der Waals surface area contributed by atoms with Crippen molar-refractivity contribution in [1.82, 2.24) is 9.21 Å². The predicted molar refractivity (Wildman–Crippen MR) is 117 cm³/mol. The fourth-order valence-electron chi connectivity index (χ4n) is 3.64. The Hall–Kier alpha value is -3.11. The van der Waals surface area contributed by atoms with Crippen molar-refractivity contribution in [1.29, 1.82) is 0 Å². The second-order valence-corrected chi connectivity index (χ2v) is 9.49. The van der Waals surface area contributed by atoms with Gasteiger partial charge in [0, 0.05) is 26.2 Å². The Balaban J connectivity index is 1.37. The molecule has 2 aliphatic rings. The minimum atomic E-state index is -3.78. The van der Waals surface area contributed by atoms with Gasteiger partial charge in [0.05, 0.1) is 10.6 Å². The van der Waals surface area contributed by atoms with Crippen molar-refractivity contribution in [2.45, 2.75) is 24.3 Å². The van der Waals surface area contributed by atoms with Crippen LogP contribution in [-0.4, -0.2) is 68.3 Å². The minimum absolute atomic E-state index is 0.0716. The van der Waals surface area contributed by atoms with E-state index in [1.54, 1.807) is 23.1 Å². The molecule has 4 rings (SSSR count). The van der Waals surface area contributed by atoms with Crippen molar-refractivity contribution in [2.75, 3.05) is 38.1 Å². The number of benzene rings is 2. The highest BCUT2D eigenvalue weighted by atomic mass is 32.2. The molecule has 1 saturated heterocycles. The van der Waals surface area contributed by atoms with Crippen molar-refractivity contribution >= 4 is 27.5 Å². The number of amides is 2. The number of anilines is 1. The highest BCUT2D eigenvalue weighted by molar-refractivity contribution is 7.89. The highest BCUT2D eigenvalue weighted by Gasteiger charge is 2.32. The molecule has 2 heterocycles. The molecule has 0 saturated carbocycles. The van der Waals surface area contributed by atoms with Crippen molar-refractivity contribution in [3.05, 3.63) is 48.5 Å². The van der Waals surface area contributed by atoms with Crippen LogP contribution in [-0.2, 0) is 19.6 Å². The molecule has 2 amide bonds. The van der Waals surface area contributed by atoms with E-state index >= 15 is 0 Å². The first kappa shape index (κ1) is 22.1. The first-order chi connectivity index (χ1) is 15.4. The van der Waals surface area contributed by atoms with Crippen molar-refractivity contribution < 1.29 is 27.5 Å². The second kappa shape index (κ2) is 9.17. The maximum Gasteiger partial charge on any atom is 0.265 e. The summed E-state index contributed by atoms with van der Waals surface area (Å²) >= 11 is 0. The second-order valence-electron chi connectivity index (χ2n) is 7.55. The van der Waals surface area contributed by atoms with Gasteiger partial charge in [-0.1, -0.05) is 25.1 Å². The lowest BCUT2D eigenvalue weighted by molar-refractivity contribution is -0.134. The van der Waals surface area contributed by atoms with E-state index in [9.17, 15) is 18.0 Å². The zero-order valence-corrected chi connectivity index (χ0v) is 18.5. The third kappa shape index (κ3) is 4.56. The van der Waals surface area contributed by atoms with Gasteiger partial charge in [-0.25, -0.2) is 8.42 Å². The van der Waals surface area contributed by atoms with Crippen LogP contribution in [0, 0.1) is 0 Å². The first-order valence-electron chi connectivity index (χ1n) is 10.5. The molecule has 1 atom stereocenters. The number of rotatable bonds is 6. The molecule has 2 aromatic rings. The third-order valence-corrected chi connectivity index (χ3v) is 7.37. The van der Waals surface area contributed by atoms with E-state index in [4.69, 9.17) is 9.47 Å². The van der Waals surface area contributed by atoms with Crippen LogP contribution >= 0.6 is 0 Å². The average Bonchev–Trinajstić information content (AvgIpc) is 2.82. The summed E-state index contributed by atoms with van der Waals surface area (Å²) in [5.74, 6) is 0.574. The number of piperazine rings is 1. The zero-order chi connectivity index (χ0) is 22.7. The van der Waals surface area contributed by atoms with E-state index < -0.39 is 16.1 Å². The third-order valence-electron chi connectivity index (χ3n) is 5.48. The summed E-state index contributed by atoms with van der Waals surface area (Å²) < 4.78 is 38.7. The van der Waals surface area contributed by atoms with E-state index in [0.29, 0.717) is 23.6 Å². The van der Waals surface area contributed by atoms with Gasteiger partial charge in [0.1, 0.15) is 11.5 Å². The fourth-order valence-corrected chi connectivity index (χ4v) is 5.09. The number of nitrogens with one attached hydrogen (secondary N) is 1. The molecule has 170 valence electrons. The summed E-state index contributed by atoms with van der Waals surface area (Å²) in [7, 11) is -3.78. The number of nitrogens with zero attached hydrogens (tertiary/aromatic N) is 2. The number of carbonyl (C=O) groups is 2. The van der Waals surface area contributed by atoms with E-state index in [1.807, 2.05) is 25.1 Å². The lowest BCUT2D eigenvalue weighted by atomic mass is 10.2. The maximum absolute atomic E-state index is 13.1. The molecule has 0 bridgehead atoms. The Bertz CT molecular complexity index is 1100. The smallest absolute Gasteiger partial charge is 0.265 e. The summed E-state index contributed by atoms with van der Waals surface area (Å²) in [5, 5.41) is 2.71. The Morgan fingerprint density at radius 3 is 2.53 bits per heavy atom. The summed E-state index contributed by atoms with van der Waals surface area (Å²) in [4.78, 5) is 26.1. The molecule has 1 N–H and O–H groups in total. The van der Waals surface area contributed by atoms with Crippen molar-refractivity contribution in [3.8, 4) is 11.5 Å². The van der Waals surface area contributed by atoms with Crippen LogP contribution in [0.2, 0.25) is 0 Å². The van der Waals surface area contributed by atoms with Crippen LogP contribution in [0.1, 0.15) is 13.3 Å². The average molecular weight is 460 g/mol. The quantitative estimate of drug-likeness (QED) is 0.705. The van der Waals surface area contributed by atoms with E-state index in [2.05, 4.69) is 5.32 Å². The van der Waals surface area contributed by atoms with Crippen LogP contribution in [0.3, 0.4) is 0 Å². The molecule has 10 heteroatoms. The minimum Gasteiger partial charge on any atom is -0.484 e. The van der Waals surface area contributed by atoms with E-state index in [1.165, 1.54) is 16.4 Å². The molecule has 0 spiro atoms. The predicted octanol–water partition coefficient (Wildman–Crippen LogP) is 1.71. The molecular weight excluding hydrogens is 434 g/mol. The number of fused-ring (bicyclic) bond motifs is 1. The van der Waals surface area contributed by atoms with Crippen LogP contribution in [0.5, 0.6) is 11.5 Å². The van der Waals surface area contributed by atoms with Gasteiger partial charge in [-0.2, -0.15) is 4.31 Å². The van der Waals surface area contributed by atoms with Crippen LogP contribution < -0.4 is 14.8 Å². The molecule has 9 nitrogen and oxygen atoms in total. The fraction of sp³-hybridized carbons (Fsp3) is 0.364. The molecule has 1 fully saturated rings. The molecule has 0 radical (unpaired) electrons. The molecule has 2 aromatic carbocycles. The monoisotopic (exact) mass is 459 g/mol. The molecule has 2 aliphatic heterocycles. The van der Waals surface area contributed by atoms with Crippen molar-refractivity contribution in [2.24, 2.45) is 0 Å². The summed E-state index contributed by atoms with van der Waals surface area (Å²) in [6.45, 7) is 2.65. The van der Waals surface area contributed by atoms with Crippen LogP contribution in [0.15, 0.2) is 53.4 Å². The van der Waals surface area contributed by atoms with Gasteiger partial charge >= 0.3 is 0 Å². The van der Waals surface area contributed by atoms with Gasteiger partial charge in [0.2, 0.25) is 10.0 Å². The van der Waals surface area contributed by atoms with Gasteiger partial charge in [0.15, 0.2) is 12.7 Å². The Morgan fingerprint density at radius 2 is 1.84 bits per heavy atom. The number of hydrogen-bond donors (Lipinski definition) is 1. The van der Waals surface area contributed by atoms with Crippen LogP contribution in [0.4, 0.5) is 5.69 Å². The Morgan fingerprint density at radius 1 is 1.12 bits per heavy atom. The summed E-state index contributed by atoms with van der Waals surface area (Å²) in [5.41, 5.74) is 0.340. The number of ether oxygens (including phenoxy) is 2. The Kier molecular flexibility index (Phi) is 6.33. The molecular formula is C22H25N3O6S. The van der Waals surface area contributed by atoms with Gasteiger partial charge < -0.3 is 19.7 Å². The summed E-state index contributed by atoms with van der Waals surface area (Å²) in [6.07, 6.45) is -0.0634. The largest absolute Gasteiger partial charge is 0.484 e. The lowest BCUT2D eigenvalue weighted by Gasteiger charge is -2.34. The highest BCUT2D eigenvalue weighted by Crippen LogP contribution is 2.33. The number of carbonyl (C=O) groups excluding carboxylic acids is 2. The Labute approximate surface area is 187 Å². The summed E-state index contributed by atoms with van der Waals surface area (Å²) in [6, 6.07) is 13.5. The van der Waals surface area contributed by atoms with Gasteiger partial charge in [0.25, 0.3) is 11.8 Å². The zero-order valence-electron chi connectivity index (χ0n) is 17.7. The molecule has 0 aromatic heterocycles. The topological polar surface area (TPSA) is 105 Å². The maximum atomic E-state index is 13.1. The van der Waals surface area contributed by atoms with Gasteiger partial charge in [-0.05, 0) is 36.8 Å². The standard InChI is InChI=1S/C22H25N3O6S/c1-2-19-22(27)23-18-14-17(8-9-20(18)31-19)32(28,29)25-12-10-24(11-13-25)21(26)15-30-16-6-4-3-5-7-16/h3-9,14,19H,2,10-13,15H2,1H3,(H,23,27)/t19-/m0/s1. The lowest BCUT2D eigenvalue weighted by Crippen LogP contribution is -2.51. The van der Waals surface area contributed by atoms with E-state index in [-0.39, 0.29) is 49.5 Å². The van der Waals surface area contributed by atoms with Gasteiger partial charge in [-0.15, -0.1) is 0 Å². The normalized spacial score (nSPS) is 19.0. The number of para-hydroxylation sites is 1. The van der Waals surface area contributed by atoms with Crippen LogP contribution in [0.25, 0.3) is 0 Å². The van der Waals surface area contributed by atoms with E-state index in [0.717, 1.165) is 0 Å². The molecule has 0 aliphatic carbocycles. The number of hydrogen-bond acceptors (Lipinski definition) is 6. The number of sulfonamides is 1. The van der Waals surface area contributed by atoms with Gasteiger partial charge in [-0.3, -0.25) is 9.59 Å².